The van der Waals surface area contributed by atoms with Crippen LogP contribution in [0.1, 0.15) is 12.8 Å². The van der Waals surface area contributed by atoms with Gasteiger partial charge in [0.15, 0.2) is 0 Å². The van der Waals surface area contributed by atoms with Crippen LogP contribution >= 0.6 is 0 Å². The molecular formula is C8H8F4O4. The van der Waals surface area contributed by atoms with E-state index in [4.69, 9.17) is 10.2 Å². The Morgan fingerprint density at radius 2 is 1.06 bits per heavy atom. The molecule has 8 heteroatoms. The van der Waals surface area contributed by atoms with Crippen molar-refractivity contribution in [1.29, 1.82) is 0 Å². The first-order valence-electron chi connectivity index (χ1n) is 4.29. The van der Waals surface area contributed by atoms with Gasteiger partial charge in [0.2, 0.25) is 0 Å². The van der Waals surface area contributed by atoms with Crippen LogP contribution in [-0.2, 0) is 9.59 Å². The maximum Gasteiger partial charge on any atom is 0.312 e. The summed E-state index contributed by atoms with van der Waals surface area (Å²) in [6.45, 7) is 0. The quantitative estimate of drug-likeness (QED) is 0.721. The van der Waals surface area contributed by atoms with Crippen LogP contribution in [0.3, 0.4) is 0 Å². The summed E-state index contributed by atoms with van der Waals surface area (Å²) in [4.78, 5) is 19.4. The molecule has 0 radical (unpaired) electrons. The van der Waals surface area contributed by atoms with Crippen molar-refractivity contribution in [3.63, 3.8) is 0 Å². The molecule has 2 saturated carbocycles. The zero-order valence-corrected chi connectivity index (χ0v) is 7.79. The van der Waals surface area contributed by atoms with Crippen molar-refractivity contribution in [2.24, 2.45) is 11.8 Å². The summed E-state index contributed by atoms with van der Waals surface area (Å²) in [5.41, 5.74) is 0. The van der Waals surface area contributed by atoms with Gasteiger partial charge in [0.1, 0.15) is 11.8 Å². The van der Waals surface area contributed by atoms with Crippen LogP contribution in [0.4, 0.5) is 17.6 Å². The number of alkyl halides is 4. The summed E-state index contributed by atoms with van der Waals surface area (Å²) < 4.78 is 46.7. The third-order valence-corrected chi connectivity index (χ3v) is 2.25. The minimum atomic E-state index is -2.91. The second-order valence-electron chi connectivity index (χ2n) is 3.71. The fraction of sp³-hybridized carbons (Fsp3) is 0.750. The average molecular weight is 244 g/mol. The Morgan fingerprint density at radius 1 is 0.875 bits per heavy atom. The number of carboxylic acid groups (broad SMARTS) is 2. The Bertz CT molecular complexity index is 296. The molecule has 0 aromatic carbocycles. The zero-order chi connectivity index (χ0) is 12.7. The summed E-state index contributed by atoms with van der Waals surface area (Å²) in [5.74, 6) is -11.4. The molecule has 16 heavy (non-hydrogen) atoms. The topological polar surface area (TPSA) is 74.6 Å². The standard InChI is InChI=1S/2C4H4F2O2/c2*5-4(6)1-2(4)3(7)8/h2*2H,1H2,(H,7,8)/t2-;/m1./s1. The van der Waals surface area contributed by atoms with E-state index in [0.29, 0.717) is 0 Å². The van der Waals surface area contributed by atoms with E-state index in [1.165, 1.54) is 0 Å². The number of carboxylic acids is 2. The predicted octanol–water partition coefficient (Wildman–Crippen LogP) is 1.45. The van der Waals surface area contributed by atoms with E-state index in [-0.39, 0.29) is 0 Å². The lowest BCUT2D eigenvalue weighted by atomic mass is 10.4. The molecule has 2 aliphatic rings. The first-order chi connectivity index (χ1) is 7.08. The summed E-state index contributed by atoms with van der Waals surface area (Å²) in [7, 11) is 0. The number of halogens is 4. The third kappa shape index (κ3) is 2.83. The van der Waals surface area contributed by atoms with Gasteiger partial charge in [-0.1, -0.05) is 0 Å². The van der Waals surface area contributed by atoms with Gasteiger partial charge in [0.25, 0.3) is 11.8 Å². The number of hydrogen-bond acceptors (Lipinski definition) is 2. The highest BCUT2D eigenvalue weighted by Gasteiger charge is 2.62. The highest BCUT2D eigenvalue weighted by Crippen LogP contribution is 2.49. The Morgan fingerprint density at radius 3 is 1.06 bits per heavy atom. The molecule has 0 amide bonds. The average Bonchev–Trinajstić information content (AvgIpc) is 2.89. The third-order valence-electron chi connectivity index (χ3n) is 2.25. The van der Waals surface area contributed by atoms with Gasteiger partial charge in [-0.2, -0.15) is 0 Å². The van der Waals surface area contributed by atoms with Crippen LogP contribution in [-0.4, -0.2) is 34.0 Å². The fourth-order valence-electron chi connectivity index (χ4n) is 0.962. The van der Waals surface area contributed by atoms with E-state index in [9.17, 15) is 27.2 Å². The molecule has 0 saturated heterocycles. The van der Waals surface area contributed by atoms with Crippen LogP contribution in [0.25, 0.3) is 0 Å². The smallest absolute Gasteiger partial charge is 0.312 e. The summed E-state index contributed by atoms with van der Waals surface area (Å²) in [5, 5.41) is 15.8. The van der Waals surface area contributed by atoms with Crippen LogP contribution in [0, 0.1) is 11.8 Å². The van der Waals surface area contributed by atoms with Crippen LogP contribution < -0.4 is 0 Å². The summed E-state index contributed by atoms with van der Waals surface area (Å²) >= 11 is 0. The second kappa shape index (κ2) is 3.60. The Labute approximate surface area is 86.9 Å². The molecule has 0 heterocycles. The minimum Gasteiger partial charge on any atom is -0.481 e. The molecule has 92 valence electrons. The molecule has 0 aliphatic heterocycles. The van der Waals surface area contributed by atoms with E-state index in [0.717, 1.165) is 0 Å². The molecule has 4 nitrogen and oxygen atoms in total. The predicted molar refractivity (Wildman–Crippen MR) is 41.4 cm³/mol. The SMILES string of the molecule is O=C(O)C1CC1(F)F.O=C(O)[C@H]1CC1(F)F. The van der Waals surface area contributed by atoms with E-state index < -0.39 is 48.5 Å². The lowest BCUT2D eigenvalue weighted by Crippen LogP contribution is -2.04. The minimum absolute atomic E-state index is 0.484. The van der Waals surface area contributed by atoms with E-state index >= 15 is 0 Å². The molecule has 0 bridgehead atoms. The van der Waals surface area contributed by atoms with Gasteiger partial charge >= 0.3 is 11.9 Å². The lowest BCUT2D eigenvalue weighted by molar-refractivity contribution is -0.142. The lowest BCUT2D eigenvalue weighted by Gasteiger charge is -1.86. The molecule has 0 aromatic rings. The molecule has 2 fully saturated rings. The Hall–Kier alpha value is -1.34. The monoisotopic (exact) mass is 244 g/mol. The van der Waals surface area contributed by atoms with Gasteiger partial charge in [-0.15, -0.1) is 0 Å². The van der Waals surface area contributed by atoms with Gasteiger partial charge in [-0.25, -0.2) is 17.6 Å². The Balaban J connectivity index is 0.000000160. The normalized spacial score (nSPS) is 32.0. The molecule has 0 spiro atoms. The molecular weight excluding hydrogens is 236 g/mol. The van der Waals surface area contributed by atoms with Gasteiger partial charge in [-0.3, -0.25) is 9.59 Å². The summed E-state index contributed by atoms with van der Waals surface area (Å²) in [6.07, 6.45) is -0.968. The van der Waals surface area contributed by atoms with Crippen molar-refractivity contribution in [1.82, 2.24) is 0 Å². The number of carbonyl (C=O) groups is 2. The van der Waals surface area contributed by atoms with Crippen LogP contribution in [0.5, 0.6) is 0 Å². The highest BCUT2D eigenvalue weighted by molar-refractivity contribution is 5.75. The number of rotatable bonds is 2. The molecule has 0 aromatic heterocycles. The molecule has 2 N–H and O–H groups in total. The first-order valence-corrected chi connectivity index (χ1v) is 4.29. The largest absolute Gasteiger partial charge is 0.481 e. The van der Waals surface area contributed by atoms with Crippen molar-refractivity contribution >= 4 is 11.9 Å². The number of hydrogen-bond donors (Lipinski definition) is 2. The number of aliphatic carboxylic acids is 2. The maximum absolute atomic E-state index is 11.7. The van der Waals surface area contributed by atoms with Crippen LogP contribution in [0.2, 0.25) is 0 Å². The Kier molecular flexibility index (Phi) is 2.86. The first kappa shape index (κ1) is 12.7. The van der Waals surface area contributed by atoms with E-state index in [2.05, 4.69) is 0 Å². The van der Waals surface area contributed by atoms with Gasteiger partial charge in [-0.05, 0) is 0 Å². The van der Waals surface area contributed by atoms with Gasteiger partial charge < -0.3 is 10.2 Å². The van der Waals surface area contributed by atoms with Crippen molar-refractivity contribution in [3.05, 3.63) is 0 Å². The maximum atomic E-state index is 11.7. The van der Waals surface area contributed by atoms with E-state index in [1.54, 1.807) is 0 Å². The van der Waals surface area contributed by atoms with E-state index in [1.807, 2.05) is 0 Å². The van der Waals surface area contributed by atoms with Crippen molar-refractivity contribution in [2.45, 2.75) is 24.7 Å². The van der Waals surface area contributed by atoms with Crippen LogP contribution in [0.15, 0.2) is 0 Å². The highest BCUT2D eigenvalue weighted by atomic mass is 19.3. The summed E-state index contributed by atoms with van der Waals surface area (Å²) in [6, 6.07) is 0. The van der Waals surface area contributed by atoms with Gasteiger partial charge in [0.05, 0.1) is 0 Å². The van der Waals surface area contributed by atoms with Crippen molar-refractivity contribution in [2.75, 3.05) is 0 Å². The van der Waals surface area contributed by atoms with Gasteiger partial charge in [0, 0.05) is 12.8 Å². The van der Waals surface area contributed by atoms with Crippen molar-refractivity contribution in [3.8, 4) is 0 Å². The molecule has 1 unspecified atom stereocenters. The van der Waals surface area contributed by atoms with Crippen molar-refractivity contribution < 1.29 is 37.4 Å². The zero-order valence-electron chi connectivity index (χ0n) is 7.79. The molecule has 2 atom stereocenters. The molecule has 2 aliphatic carbocycles. The fourth-order valence-corrected chi connectivity index (χ4v) is 0.962. The second-order valence-corrected chi connectivity index (χ2v) is 3.71. The molecule has 2 rings (SSSR count).